The van der Waals surface area contributed by atoms with Gasteiger partial charge in [0.05, 0.1) is 25.2 Å². The van der Waals surface area contributed by atoms with Crippen LogP contribution >= 0.6 is 0 Å². The van der Waals surface area contributed by atoms with Crippen LogP contribution in [0.2, 0.25) is 0 Å². The maximum Gasteiger partial charge on any atom is 0.219 e. The third-order valence-electron chi connectivity index (χ3n) is 2.94. The second-order valence-corrected chi connectivity index (χ2v) is 4.57. The Kier molecular flexibility index (Phi) is 5.31. The maximum absolute atomic E-state index is 11.4. The van der Waals surface area contributed by atoms with Gasteiger partial charge in [0.15, 0.2) is 17.3 Å². The molecule has 0 saturated heterocycles. The van der Waals surface area contributed by atoms with Crippen molar-refractivity contribution in [2.24, 2.45) is 0 Å². The Morgan fingerprint density at radius 3 is 2.67 bits per heavy atom. The molecular weight excluding hydrogens is 270 g/mol. The first kappa shape index (κ1) is 15.0. The van der Waals surface area contributed by atoms with Crippen molar-refractivity contribution in [2.75, 3.05) is 19.7 Å². The van der Waals surface area contributed by atoms with Crippen molar-refractivity contribution in [1.29, 1.82) is 0 Å². The van der Waals surface area contributed by atoms with E-state index in [0.29, 0.717) is 30.5 Å². The molecule has 0 spiro atoms. The first-order chi connectivity index (χ1) is 10.2. The Labute approximate surface area is 123 Å². The first-order valence-corrected chi connectivity index (χ1v) is 6.95. The fourth-order valence-corrected chi connectivity index (χ4v) is 1.89. The van der Waals surface area contributed by atoms with Crippen LogP contribution in [-0.2, 0) is 4.79 Å². The molecule has 0 aliphatic heterocycles. The fraction of sp³-hybridized carbons (Fsp3) is 0.400. The van der Waals surface area contributed by atoms with E-state index in [9.17, 15) is 4.79 Å². The highest BCUT2D eigenvalue weighted by Crippen LogP contribution is 2.16. The third kappa shape index (κ3) is 4.30. The van der Waals surface area contributed by atoms with Gasteiger partial charge in [-0.3, -0.25) is 4.79 Å². The molecule has 6 heteroatoms. The minimum absolute atomic E-state index is 0.0601. The number of nitrogens with zero attached hydrogens (tertiary/aromatic N) is 3. The Morgan fingerprint density at radius 1 is 1.33 bits per heavy atom. The zero-order valence-corrected chi connectivity index (χ0v) is 12.3. The lowest BCUT2D eigenvalue weighted by Gasteiger charge is -2.20. The van der Waals surface area contributed by atoms with Gasteiger partial charge in [-0.25, -0.2) is 9.97 Å². The second-order valence-electron chi connectivity index (χ2n) is 4.57. The SMILES string of the molecule is CCCN(CCOc1cnc(-c2ccco2)nc1)C(C)=O. The lowest BCUT2D eigenvalue weighted by Crippen LogP contribution is -2.33. The number of furan rings is 1. The van der Waals surface area contributed by atoms with Crippen molar-refractivity contribution in [3.8, 4) is 17.3 Å². The van der Waals surface area contributed by atoms with Crippen LogP contribution in [0.5, 0.6) is 5.75 Å². The summed E-state index contributed by atoms with van der Waals surface area (Å²) in [4.78, 5) is 21.5. The Balaban J connectivity index is 1.85. The van der Waals surface area contributed by atoms with Crippen LogP contribution in [-0.4, -0.2) is 40.5 Å². The molecule has 0 radical (unpaired) electrons. The summed E-state index contributed by atoms with van der Waals surface area (Å²) in [6, 6.07) is 3.58. The summed E-state index contributed by atoms with van der Waals surface area (Å²) in [7, 11) is 0. The molecular formula is C15H19N3O3. The summed E-state index contributed by atoms with van der Waals surface area (Å²) in [5, 5.41) is 0. The molecule has 0 saturated carbocycles. The summed E-state index contributed by atoms with van der Waals surface area (Å²) < 4.78 is 10.8. The zero-order chi connectivity index (χ0) is 15.1. The van der Waals surface area contributed by atoms with Crippen LogP contribution in [0.25, 0.3) is 11.6 Å². The standard InChI is InChI=1S/C15H19N3O3/c1-3-6-18(12(2)19)7-9-20-13-10-16-15(17-11-13)14-5-4-8-21-14/h4-5,8,10-11H,3,6-7,9H2,1-2H3. The minimum Gasteiger partial charge on any atom is -0.489 e. The number of rotatable bonds is 7. The minimum atomic E-state index is 0.0601. The largest absolute Gasteiger partial charge is 0.489 e. The van der Waals surface area contributed by atoms with E-state index in [0.717, 1.165) is 13.0 Å². The number of aromatic nitrogens is 2. The van der Waals surface area contributed by atoms with Gasteiger partial charge in [0.25, 0.3) is 0 Å². The number of ether oxygens (including phenoxy) is 1. The van der Waals surface area contributed by atoms with Crippen molar-refractivity contribution in [3.63, 3.8) is 0 Å². The van der Waals surface area contributed by atoms with Crippen molar-refractivity contribution in [2.45, 2.75) is 20.3 Å². The number of amides is 1. The molecule has 0 bridgehead atoms. The van der Waals surface area contributed by atoms with Gasteiger partial charge < -0.3 is 14.1 Å². The van der Waals surface area contributed by atoms with Crippen molar-refractivity contribution < 1.29 is 13.9 Å². The lowest BCUT2D eigenvalue weighted by atomic mass is 10.4. The molecule has 2 aromatic rings. The summed E-state index contributed by atoms with van der Waals surface area (Å²) in [6.45, 7) is 5.33. The molecule has 0 atom stereocenters. The van der Waals surface area contributed by atoms with Crippen molar-refractivity contribution in [1.82, 2.24) is 14.9 Å². The average molecular weight is 289 g/mol. The van der Waals surface area contributed by atoms with E-state index in [4.69, 9.17) is 9.15 Å². The van der Waals surface area contributed by atoms with Crippen molar-refractivity contribution in [3.05, 3.63) is 30.8 Å². The molecule has 0 N–H and O–H groups in total. The highest BCUT2D eigenvalue weighted by atomic mass is 16.5. The summed E-state index contributed by atoms with van der Waals surface area (Å²) in [5.41, 5.74) is 0. The van der Waals surface area contributed by atoms with E-state index < -0.39 is 0 Å². The molecule has 0 fully saturated rings. The van der Waals surface area contributed by atoms with Crippen LogP contribution in [0, 0.1) is 0 Å². The average Bonchev–Trinajstić information content (AvgIpc) is 3.01. The van der Waals surface area contributed by atoms with Gasteiger partial charge in [0, 0.05) is 13.5 Å². The van der Waals surface area contributed by atoms with E-state index in [1.54, 1.807) is 42.6 Å². The smallest absolute Gasteiger partial charge is 0.219 e. The number of hydrogen-bond donors (Lipinski definition) is 0. The van der Waals surface area contributed by atoms with Gasteiger partial charge in [0.1, 0.15) is 6.61 Å². The third-order valence-corrected chi connectivity index (χ3v) is 2.94. The number of carbonyl (C=O) groups excluding carboxylic acids is 1. The van der Waals surface area contributed by atoms with Gasteiger partial charge in [0.2, 0.25) is 5.91 Å². The van der Waals surface area contributed by atoms with Gasteiger partial charge in [-0.1, -0.05) is 6.92 Å². The Hall–Kier alpha value is -2.37. The van der Waals surface area contributed by atoms with Crippen LogP contribution < -0.4 is 4.74 Å². The van der Waals surface area contributed by atoms with Crippen LogP contribution in [0.4, 0.5) is 0 Å². The molecule has 2 aromatic heterocycles. The summed E-state index contributed by atoms with van der Waals surface area (Å²) in [5.74, 6) is 1.77. The van der Waals surface area contributed by atoms with Gasteiger partial charge >= 0.3 is 0 Å². The Morgan fingerprint density at radius 2 is 2.10 bits per heavy atom. The molecule has 112 valence electrons. The van der Waals surface area contributed by atoms with Crippen LogP contribution in [0.3, 0.4) is 0 Å². The molecule has 0 aliphatic carbocycles. The van der Waals surface area contributed by atoms with Crippen LogP contribution in [0.1, 0.15) is 20.3 Å². The zero-order valence-electron chi connectivity index (χ0n) is 12.3. The predicted molar refractivity (Wildman–Crippen MR) is 77.8 cm³/mol. The Bertz CT molecular complexity index is 552. The lowest BCUT2D eigenvalue weighted by molar-refractivity contribution is -0.129. The highest BCUT2D eigenvalue weighted by Gasteiger charge is 2.08. The molecule has 6 nitrogen and oxygen atoms in total. The highest BCUT2D eigenvalue weighted by molar-refractivity contribution is 5.73. The topological polar surface area (TPSA) is 68.5 Å². The van der Waals surface area contributed by atoms with E-state index in [1.165, 1.54) is 0 Å². The molecule has 0 unspecified atom stereocenters. The maximum atomic E-state index is 11.4. The molecule has 21 heavy (non-hydrogen) atoms. The number of carbonyl (C=O) groups is 1. The molecule has 2 rings (SSSR count). The normalized spacial score (nSPS) is 10.4. The van der Waals surface area contributed by atoms with Gasteiger partial charge in [-0.2, -0.15) is 0 Å². The summed E-state index contributed by atoms with van der Waals surface area (Å²) in [6.07, 6.45) is 5.71. The molecule has 1 amide bonds. The van der Waals surface area contributed by atoms with E-state index in [2.05, 4.69) is 9.97 Å². The van der Waals surface area contributed by atoms with E-state index in [-0.39, 0.29) is 5.91 Å². The van der Waals surface area contributed by atoms with Crippen molar-refractivity contribution >= 4 is 5.91 Å². The van der Waals surface area contributed by atoms with Crippen LogP contribution in [0.15, 0.2) is 35.2 Å². The quantitative estimate of drug-likeness (QED) is 0.782. The van der Waals surface area contributed by atoms with E-state index >= 15 is 0 Å². The molecule has 2 heterocycles. The monoisotopic (exact) mass is 289 g/mol. The van der Waals surface area contributed by atoms with Gasteiger partial charge in [-0.15, -0.1) is 0 Å². The van der Waals surface area contributed by atoms with E-state index in [1.807, 2.05) is 6.92 Å². The first-order valence-electron chi connectivity index (χ1n) is 6.95. The summed E-state index contributed by atoms with van der Waals surface area (Å²) >= 11 is 0. The molecule has 0 aliphatic rings. The predicted octanol–water partition coefficient (Wildman–Crippen LogP) is 2.37. The second kappa shape index (κ2) is 7.42. The van der Waals surface area contributed by atoms with Gasteiger partial charge in [-0.05, 0) is 18.6 Å². The number of hydrogen-bond acceptors (Lipinski definition) is 5. The molecule has 0 aromatic carbocycles. The fourth-order valence-electron chi connectivity index (χ4n) is 1.89.